The highest BCUT2D eigenvalue weighted by atomic mass is 35.5. The molecule has 3 aromatic rings. The molecule has 0 saturated carbocycles. The Hall–Kier alpha value is -3.25. The number of carbonyl (C=O) groups excluding carboxylic acids is 1. The number of ketones is 1. The van der Waals surface area contributed by atoms with Gasteiger partial charge >= 0.3 is 0 Å². The molecule has 0 aliphatic carbocycles. The van der Waals surface area contributed by atoms with Crippen molar-refractivity contribution in [1.82, 2.24) is 0 Å². The number of anilines is 1. The number of benzene rings is 3. The summed E-state index contributed by atoms with van der Waals surface area (Å²) in [4.78, 5) is 23.0. The number of rotatable bonds is 7. The molecular formula is C21H16ClFN2O3. The molecule has 0 aliphatic rings. The first kappa shape index (κ1) is 19.5. The molecule has 3 aromatic carbocycles. The average Bonchev–Trinajstić information content (AvgIpc) is 2.68. The molecule has 0 saturated heterocycles. The van der Waals surface area contributed by atoms with Crippen LogP contribution in [-0.4, -0.2) is 10.7 Å². The van der Waals surface area contributed by atoms with Gasteiger partial charge in [-0.05, 0) is 42.0 Å². The fourth-order valence-electron chi connectivity index (χ4n) is 2.82. The number of nitro groups is 1. The van der Waals surface area contributed by atoms with E-state index < -0.39 is 16.8 Å². The third kappa shape index (κ3) is 4.92. The van der Waals surface area contributed by atoms with E-state index in [2.05, 4.69) is 5.32 Å². The smallest absolute Gasteiger partial charge is 0.269 e. The van der Waals surface area contributed by atoms with E-state index >= 15 is 0 Å². The Morgan fingerprint density at radius 1 is 1.07 bits per heavy atom. The largest absolute Gasteiger partial charge is 0.378 e. The molecule has 1 atom stereocenters. The summed E-state index contributed by atoms with van der Waals surface area (Å²) in [6.45, 7) is 0. The van der Waals surface area contributed by atoms with Gasteiger partial charge in [0.25, 0.3) is 5.69 Å². The second-order valence-corrected chi connectivity index (χ2v) is 6.63. The van der Waals surface area contributed by atoms with E-state index in [1.54, 1.807) is 48.5 Å². The summed E-state index contributed by atoms with van der Waals surface area (Å²) in [7, 11) is 0. The molecule has 0 spiro atoms. The Balaban J connectivity index is 1.86. The highest BCUT2D eigenvalue weighted by molar-refractivity contribution is 6.31. The number of hydrogen-bond acceptors (Lipinski definition) is 4. The lowest BCUT2D eigenvalue weighted by molar-refractivity contribution is -0.384. The van der Waals surface area contributed by atoms with Gasteiger partial charge in [-0.1, -0.05) is 35.9 Å². The monoisotopic (exact) mass is 398 g/mol. The van der Waals surface area contributed by atoms with Gasteiger partial charge in [-0.2, -0.15) is 0 Å². The van der Waals surface area contributed by atoms with E-state index in [9.17, 15) is 19.3 Å². The minimum absolute atomic E-state index is 0.0390. The lowest BCUT2D eigenvalue weighted by atomic mass is 9.97. The predicted octanol–water partition coefficient (Wildman–Crippen LogP) is 5.81. The van der Waals surface area contributed by atoms with Crippen molar-refractivity contribution >= 4 is 28.8 Å². The molecule has 1 N–H and O–H groups in total. The van der Waals surface area contributed by atoms with Crippen LogP contribution in [0.15, 0.2) is 72.8 Å². The van der Waals surface area contributed by atoms with Crippen LogP contribution in [0.5, 0.6) is 0 Å². The maximum absolute atomic E-state index is 13.7. The lowest BCUT2D eigenvalue weighted by Gasteiger charge is -2.20. The van der Waals surface area contributed by atoms with Crippen molar-refractivity contribution in [1.29, 1.82) is 0 Å². The summed E-state index contributed by atoms with van der Waals surface area (Å²) < 4.78 is 13.7. The molecule has 0 aliphatic heterocycles. The number of nitrogens with one attached hydrogen (secondary N) is 1. The normalized spacial score (nSPS) is 11.6. The zero-order valence-electron chi connectivity index (χ0n) is 14.6. The minimum Gasteiger partial charge on any atom is -0.378 e. The second-order valence-electron chi connectivity index (χ2n) is 6.19. The number of nitrogens with zero attached hydrogens (tertiary/aromatic N) is 1. The number of carbonyl (C=O) groups is 1. The standard InChI is InChI=1S/C21H16ClFN2O3/c22-16-5-1-4-15(11-16)21(26)13-20(14-3-2-6-17(23)12-14)24-18-7-9-19(10-8-18)25(27)28/h1-12,20,24H,13H2. The van der Waals surface area contributed by atoms with E-state index in [0.717, 1.165) is 0 Å². The number of nitro benzene ring substituents is 1. The van der Waals surface area contributed by atoms with Crippen LogP contribution in [-0.2, 0) is 0 Å². The second kappa shape index (κ2) is 8.63. The zero-order valence-corrected chi connectivity index (χ0v) is 15.4. The van der Waals surface area contributed by atoms with Crippen molar-refractivity contribution < 1.29 is 14.1 Å². The van der Waals surface area contributed by atoms with Crippen LogP contribution < -0.4 is 5.32 Å². The Labute approximate surface area is 165 Å². The summed E-state index contributed by atoms with van der Waals surface area (Å²) in [6, 6.07) is 17.9. The molecule has 0 radical (unpaired) electrons. The summed E-state index contributed by atoms with van der Waals surface area (Å²) in [5.74, 6) is -0.575. The average molecular weight is 399 g/mol. The summed E-state index contributed by atoms with van der Waals surface area (Å²) in [5.41, 5.74) is 1.59. The van der Waals surface area contributed by atoms with Gasteiger partial charge in [0, 0.05) is 34.8 Å². The van der Waals surface area contributed by atoms with Crippen molar-refractivity contribution in [2.75, 3.05) is 5.32 Å². The molecule has 0 aromatic heterocycles. The first-order chi connectivity index (χ1) is 13.4. The highest BCUT2D eigenvalue weighted by Crippen LogP contribution is 2.27. The quantitative estimate of drug-likeness (QED) is 0.309. The topological polar surface area (TPSA) is 72.2 Å². The van der Waals surface area contributed by atoms with E-state index in [1.807, 2.05) is 0 Å². The Bertz CT molecular complexity index is 1010. The van der Waals surface area contributed by atoms with Crippen LogP contribution in [0.1, 0.15) is 28.4 Å². The van der Waals surface area contributed by atoms with Crippen LogP contribution in [0, 0.1) is 15.9 Å². The molecule has 7 heteroatoms. The van der Waals surface area contributed by atoms with Crippen LogP contribution in [0.3, 0.4) is 0 Å². The first-order valence-electron chi connectivity index (χ1n) is 8.47. The van der Waals surface area contributed by atoms with Gasteiger partial charge in [0.1, 0.15) is 5.82 Å². The van der Waals surface area contributed by atoms with Crippen LogP contribution in [0.25, 0.3) is 0 Å². The van der Waals surface area contributed by atoms with Gasteiger partial charge in [-0.15, -0.1) is 0 Å². The fraction of sp³-hybridized carbons (Fsp3) is 0.0952. The lowest BCUT2D eigenvalue weighted by Crippen LogP contribution is -2.16. The maximum atomic E-state index is 13.7. The Morgan fingerprint density at radius 3 is 2.43 bits per heavy atom. The number of non-ortho nitro benzene ring substituents is 1. The Kier molecular flexibility index (Phi) is 6.01. The van der Waals surface area contributed by atoms with Crippen LogP contribution in [0.4, 0.5) is 15.8 Å². The Morgan fingerprint density at radius 2 is 1.79 bits per heavy atom. The summed E-state index contributed by atoms with van der Waals surface area (Å²) in [6.07, 6.45) is 0.0563. The zero-order chi connectivity index (χ0) is 20.1. The molecular weight excluding hydrogens is 383 g/mol. The molecule has 3 rings (SSSR count). The minimum atomic E-state index is -0.524. The number of hydrogen-bond donors (Lipinski definition) is 1. The van der Waals surface area contributed by atoms with E-state index in [0.29, 0.717) is 21.8 Å². The fourth-order valence-corrected chi connectivity index (χ4v) is 3.01. The number of Topliss-reactive ketones (excluding diaryl/α,β-unsaturated/α-hetero) is 1. The molecule has 5 nitrogen and oxygen atoms in total. The SMILES string of the molecule is O=C(CC(Nc1ccc([N+](=O)[O-])cc1)c1cccc(F)c1)c1cccc(Cl)c1. The predicted molar refractivity (Wildman–Crippen MR) is 106 cm³/mol. The molecule has 142 valence electrons. The third-order valence-corrected chi connectivity index (χ3v) is 4.44. The van der Waals surface area contributed by atoms with Crippen molar-refractivity contribution in [3.8, 4) is 0 Å². The molecule has 0 heterocycles. The molecule has 0 amide bonds. The summed E-state index contributed by atoms with van der Waals surface area (Å²) in [5, 5.41) is 14.4. The van der Waals surface area contributed by atoms with Gasteiger partial charge in [0.15, 0.2) is 5.78 Å². The highest BCUT2D eigenvalue weighted by Gasteiger charge is 2.18. The third-order valence-electron chi connectivity index (χ3n) is 4.21. The van der Waals surface area contributed by atoms with Crippen molar-refractivity contribution in [3.05, 3.63) is 105 Å². The van der Waals surface area contributed by atoms with E-state index in [1.165, 1.54) is 24.3 Å². The van der Waals surface area contributed by atoms with Crippen LogP contribution >= 0.6 is 11.6 Å². The molecule has 0 bridgehead atoms. The molecule has 28 heavy (non-hydrogen) atoms. The van der Waals surface area contributed by atoms with E-state index in [4.69, 9.17) is 11.6 Å². The molecule has 1 unspecified atom stereocenters. The number of halogens is 2. The van der Waals surface area contributed by atoms with Gasteiger partial charge in [0.05, 0.1) is 11.0 Å². The van der Waals surface area contributed by atoms with Gasteiger partial charge in [-0.3, -0.25) is 14.9 Å². The maximum Gasteiger partial charge on any atom is 0.269 e. The first-order valence-corrected chi connectivity index (χ1v) is 8.85. The summed E-state index contributed by atoms with van der Waals surface area (Å²) >= 11 is 5.96. The van der Waals surface area contributed by atoms with E-state index in [-0.39, 0.29) is 17.9 Å². The van der Waals surface area contributed by atoms with Crippen molar-refractivity contribution in [2.24, 2.45) is 0 Å². The van der Waals surface area contributed by atoms with Gasteiger partial charge in [0.2, 0.25) is 0 Å². The van der Waals surface area contributed by atoms with Gasteiger partial charge in [-0.25, -0.2) is 4.39 Å². The van der Waals surface area contributed by atoms with Gasteiger partial charge < -0.3 is 5.32 Å². The van der Waals surface area contributed by atoms with Crippen molar-refractivity contribution in [2.45, 2.75) is 12.5 Å². The van der Waals surface area contributed by atoms with Crippen molar-refractivity contribution in [3.63, 3.8) is 0 Å². The molecule has 0 fully saturated rings. The van der Waals surface area contributed by atoms with Crippen LogP contribution in [0.2, 0.25) is 5.02 Å².